The van der Waals surface area contributed by atoms with Crippen LogP contribution < -0.4 is 5.43 Å². The number of hydrogen-bond acceptors (Lipinski definition) is 4. The molecule has 0 unspecified atom stereocenters. The number of carbonyl (C=O) groups is 1. The lowest BCUT2D eigenvalue weighted by molar-refractivity contribution is 0.0824. The molecule has 2 N–H and O–H groups in total. The summed E-state index contributed by atoms with van der Waals surface area (Å²) in [5.41, 5.74) is 2.39. The summed E-state index contributed by atoms with van der Waals surface area (Å²) < 4.78 is 0. The normalized spacial score (nSPS) is 18.9. The van der Waals surface area contributed by atoms with Crippen LogP contribution in [0.1, 0.15) is 6.42 Å². The molecule has 0 aromatic carbocycles. The highest BCUT2D eigenvalue weighted by Crippen LogP contribution is 2.00. The van der Waals surface area contributed by atoms with E-state index in [4.69, 9.17) is 5.11 Å². The van der Waals surface area contributed by atoms with Gasteiger partial charge >= 0.3 is 6.09 Å². The van der Waals surface area contributed by atoms with Crippen LogP contribution in [0.25, 0.3) is 0 Å². The van der Waals surface area contributed by atoms with Crippen molar-refractivity contribution in [3.63, 3.8) is 0 Å². The lowest BCUT2D eigenvalue weighted by atomic mass is 10.3. The highest BCUT2D eigenvalue weighted by Gasteiger charge is 2.17. The molecule has 1 rings (SSSR count). The summed E-state index contributed by atoms with van der Waals surface area (Å²) >= 11 is 0. The molecule has 1 saturated heterocycles. The molecule has 1 fully saturated rings. The van der Waals surface area contributed by atoms with Crippen molar-refractivity contribution >= 4 is 6.09 Å². The fourth-order valence-electron chi connectivity index (χ4n) is 1.83. The van der Waals surface area contributed by atoms with E-state index < -0.39 is 6.09 Å². The largest absolute Gasteiger partial charge is 0.464 e. The average Bonchev–Trinajstić information content (AvgIpc) is 2.19. The van der Waals surface area contributed by atoms with Crippen LogP contribution in [0.15, 0.2) is 0 Å². The number of piperazine rings is 1. The number of carboxylic acid groups (broad SMARTS) is 1. The van der Waals surface area contributed by atoms with Gasteiger partial charge in [0.2, 0.25) is 0 Å². The first-order valence-corrected chi connectivity index (χ1v) is 5.69. The molecule has 0 saturated carbocycles. The molecule has 0 aromatic heterocycles. The molecular formula is C10H22N4O2. The maximum absolute atomic E-state index is 10.4. The first kappa shape index (κ1) is 13.2. The lowest BCUT2D eigenvalue weighted by Gasteiger charge is -2.34. The average molecular weight is 230 g/mol. The zero-order valence-corrected chi connectivity index (χ0v) is 10.1. The van der Waals surface area contributed by atoms with E-state index in [2.05, 4.69) is 29.3 Å². The van der Waals surface area contributed by atoms with Crippen LogP contribution in [-0.4, -0.2) is 79.4 Å². The minimum absolute atomic E-state index is 0.772. The van der Waals surface area contributed by atoms with E-state index >= 15 is 0 Å². The standard InChI is InChI=1S/C10H22N4O2/c1-12(2)4-3-5-13-6-8-14(9-7-13)11-10(15)16/h11H,3-9H2,1-2H3,(H,15,16). The fraction of sp³-hybridized carbons (Fsp3) is 0.900. The predicted molar refractivity (Wildman–Crippen MR) is 62.3 cm³/mol. The number of hydrazine groups is 1. The van der Waals surface area contributed by atoms with Crippen molar-refractivity contribution in [1.82, 2.24) is 20.2 Å². The van der Waals surface area contributed by atoms with Crippen LogP contribution in [0.3, 0.4) is 0 Å². The highest BCUT2D eigenvalue weighted by molar-refractivity contribution is 5.63. The third kappa shape index (κ3) is 5.29. The van der Waals surface area contributed by atoms with Crippen LogP contribution in [0, 0.1) is 0 Å². The molecule has 0 bridgehead atoms. The van der Waals surface area contributed by atoms with Gasteiger partial charge in [0.15, 0.2) is 0 Å². The van der Waals surface area contributed by atoms with Gasteiger partial charge in [-0.1, -0.05) is 0 Å². The minimum atomic E-state index is -0.971. The first-order valence-electron chi connectivity index (χ1n) is 5.69. The molecule has 1 amide bonds. The molecule has 0 spiro atoms. The van der Waals surface area contributed by atoms with E-state index in [1.807, 2.05) is 0 Å². The fourth-order valence-corrected chi connectivity index (χ4v) is 1.83. The SMILES string of the molecule is CN(C)CCCN1CCN(NC(=O)O)CC1. The monoisotopic (exact) mass is 230 g/mol. The van der Waals surface area contributed by atoms with E-state index in [9.17, 15) is 4.79 Å². The molecule has 16 heavy (non-hydrogen) atoms. The van der Waals surface area contributed by atoms with Crippen molar-refractivity contribution < 1.29 is 9.90 Å². The van der Waals surface area contributed by atoms with Crippen molar-refractivity contribution in [2.75, 3.05) is 53.4 Å². The summed E-state index contributed by atoms with van der Waals surface area (Å²) in [5.74, 6) is 0. The van der Waals surface area contributed by atoms with Gasteiger partial charge in [-0.05, 0) is 33.6 Å². The Morgan fingerprint density at radius 2 is 1.94 bits per heavy atom. The summed E-state index contributed by atoms with van der Waals surface area (Å²) in [6.07, 6.45) is 0.195. The smallest absolute Gasteiger partial charge is 0.419 e. The molecule has 0 aromatic rings. The van der Waals surface area contributed by atoms with Crippen molar-refractivity contribution in [2.24, 2.45) is 0 Å². The first-order chi connectivity index (χ1) is 7.58. The Kier molecular flexibility index (Phi) is 5.51. The van der Waals surface area contributed by atoms with Gasteiger partial charge in [0, 0.05) is 26.2 Å². The van der Waals surface area contributed by atoms with E-state index in [1.54, 1.807) is 5.01 Å². The highest BCUT2D eigenvalue weighted by atomic mass is 16.4. The summed E-state index contributed by atoms with van der Waals surface area (Å²) in [6, 6.07) is 0. The Labute approximate surface area is 96.8 Å². The van der Waals surface area contributed by atoms with E-state index in [0.29, 0.717) is 0 Å². The van der Waals surface area contributed by atoms with Gasteiger partial charge in [-0.2, -0.15) is 0 Å². The van der Waals surface area contributed by atoms with Crippen molar-refractivity contribution in [3.05, 3.63) is 0 Å². The summed E-state index contributed by atoms with van der Waals surface area (Å²) in [7, 11) is 4.16. The van der Waals surface area contributed by atoms with Gasteiger partial charge in [-0.25, -0.2) is 9.80 Å². The molecule has 0 radical (unpaired) electrons. The van der Waals surface area contributed by atoms with Crippen LogP contribution in [-0.2, 0) is 0 Å². The van der Waals surface area contributed by atoms with Gasteiger partial charge < -0.3 is 14.9 Å². The lowest BCUT2D eigenvalue weighted by Crippen LogP contribution is -2.53. The Morgan fingerprint density at radius 3 is 2.44 bits per heavy atom. The maximum atomic E-state index is 10.4. The molecule has 0 atom stereocenters. The summed E-state index contributed by atoms with van der Waals surface area (Å²) in [4.78, 5) is 15.0. The number of hydrogen-bond donors (Lipinski definition) is 2. The molecular weight excluding hydrogens is 208 g/mol. The van der Waals surface area contributed by atoms with Crippen LogP contribution in [0.5, 0.6) is 0 Å². The van der Waals surface area contributed by atoms with Crippen molar-refractivity contribution in [1.29, 1.82) is 0 Å². The Balaban J connectivity index is 2.10. The number of amides is 1. The molecule has 0 aliphatic carbocycles. The molecule has 94 valence electrons. The molecule has 6 nitrogen and oxygen atoms in total. The van der Waals surface area contributed by atoms with E-state index in [0.717, 1.165) is 39.3 Å². The second-order valence-corrected chi connectivity index (χ2v) is 4.40. The van der Waals surface area contributed by atoms with Crippen molar-refractivity contribution in [2.45, 2.75) is 6.42 Å². The predicted octanol–water partition coefficient (Wildman–Crippen LogP) is -0.262. The minimum Gasteiger partial charge on any atom is -0.464 e. The molecule has 6 heteroatoms. The van der Waals surface area contributed by atoms with Gasteiger partial charge in [0.05, 0.1) is 0 Å². The summed E-state index contributed by atoms with van der Waals surface area (Å²) in [6.45, 7) is 5.62. The van der Waals surface area contributed by atoms with Gasteiger partial charge in [0.1, 0.15) is 0 Å². The van der Waals surface area contributed by atoms with Crippen LogP contribution in [0.2, 0.25) is 0 Å². The third-order valence-corrected chi connectivity index (χ3v) is 2.71. The maximum Gasteiger partial charge on any atom is 0.419 e. The third-order valence-electron chi connectivity index (χ3n) is 2.71. The van der Waals surface area contributed by atoms with E-state index in [-0.39, 0.29) is 0 Å². The van der Waals surface area contributed by atoms with Gasteiger partial charge in [0.25, 0.3) is 0 Å². The van der Waals surface area contributed by atoms with E-state index in [1.165, 1.54) is 6.42 Å². The van der Waals surface area contributed by atoms with Gasteiger partial charge in [-0.3, -0.25) is 5.43 Å². The zero-order valence-electron chi connectivity index (χ0n) is 10.1. The number of nitrogens with one attached hydrogen (secondary N) is 1. The van der Waals surface area contributed by atoms with Crippen LogP contribution in [0.4, 0.5) is 4.79 Å². The van der Waals surface area contributed by atoms with Crippen LogP contribution >= 0.6 is 0 Å². The molecule has 1 aliphatic rings. The Morgan fingerprint density at radius 1 is 1.31 bits per heavy atom. The van der Waals surface area contributed by atoms with Gasteiger partial charge in [-0.15, -0.1) is 0 Å². The Bertz CT molecular complexity index is 215. The second-order valence-electron chi connectivity index (χ2n) is 4.40. The Hall–Kier alpha value is -0.850. The van der Waals surface area contributed by atoms with Crippen molar-refractivity contribution in [3.8, 4) is 0 Å². The number of nitrogens with zero attached hydrogens (tertiary/aromatic N) is 3. The molecule has 1 aliphatic heterocycles. The quantitative estimate of drug-likeness (QED) is 0.681. The number of rotatable bonds is 5. The topological polar surface area (TPSA) is 59.0 Å². The molecule has 1 heterocycles. The summed E-state index contributed by atoms with van der Waals surface area (Å²) in [5, 5.41) is 10.3. The zero-order chi connectivity index (χ0) is 12.0. The second kappa shape index (κ2) is 6.67.